The van der Waals surface area contributed by atoms with Crippen LogP contribution in [0.4, 0.5) is 0 Å². The van der Waals surface area contributed by atoms with Gasteiger partial charge in [0.15, 0.2) is 0 Å². The van der Waals surface area contributed by atoms with Crippen LogP contribution < -0.4 is 17.1 Å². The van der Waals surface area contributed by atoms with Crippen molar-refractivity contribution in [2.75, 3.05) is 24.7 Å². The minimum absolute atomic E-state index is 0. The third kappa shape index (κ3) is 5.06. The van der Waals surface area contributed by atoms with Gasteiger partial charge in [-0.15, -0.1) is 4.21 Å². The Morgan fingerprint density at radius 2 is 1.65 bits per heavy atom. The fourth-order valence-corrected chi connectivity index (χ4v) is 5.31. The molecule has 0 fully saturated rings. The van der Waals surface area contributed by atoms with Crippen molar-refractivity contribution in [2.45, 2.75) is 4.90 Å². The molecule has 4 nitrogen and oxygen atoms in total. The van der Waals surface area contributed by atoms with Crippen LogP contribution in [0.3, 0.4) is 0 Å². The Labute approximate surface area is 109 Å². The van der Waals surface area contributed by atoms with E-state index < -0.39 is 19.8 Å². The zero-order valence-electron chi connectivity index (χ0n) is 9.84. The average molecular weight is 299 g/mol. The van der Waals surface area contributed by atoms with Crippen LogP contribution in [0.25, 0.3) is 0 Å². The van der Waals surface area contributed by atoms with Gasteiger partial charge in [0.1, 0.15) is 18.3 Å². The second-order valence-corrected chi connectivity index (χ2v) is 9.36. The Hall–Kier alpha value is -0.590. The summed E-state index contributed by atoms with van der Waals surface area (Å²) in [7, 11) is -4.28. The summed E-state index contributed by atoms with van der Waals surface area (Å²) in [5.41, 5.74) is 0. The molecule has 0 radical (unpaired) electrons. The molecular weight excluding hydrogens is 284 g/mol. The van der Waals surface area contributed by atoms with Gasteiger partial charge >= 0.3 is 0 Å². The number of halogens is 1. The number of benzene rings is 1. The Bertz CT molecular complexity index is 502. The van der Waals surface area contributed by atoms with Gasteiger partial charge in [-0.2, -0.15) is 0 Å². The normalized spacial score (nSPS) is 11.7. The summed E-state index contributed by atoms with van der Waals surface area (Å²) in [5.74, 6) is 0.590. The van der Waals surface area contributed by atoms with Gasteiger partial charge in [0.2, 0.25) is 14.9 Å². The zero-order chi connectivity index (χ0) is 12.4. The fraction of sp³-hybridized carbons (Fsp3) is 0.400. The molecule has 0 spiro atoms. The monoisotopic (exact) mass is 298 g/mol. The minimum atomic E-state index is -3.47. The standard InChI is InChI=1S/C10H15O4S2.ClH/c1-14-9-4-6-10(7-5-9)16(12,13)8-15(2,3)11;/h4-7H,8H2,1-3H3;1H/q+1;/p-1. The van der Waals surface area contributed by atoms with Gasteiger partial charge in [-0.25, -0.2) is 8.42 Å². The molecule has 0 bridgehead atoms. The molecule has 0 unspecified atom stereocenters. The van der Waals surface area contributed by atoms with Gasteiger partial charge in [-0.3, -0.25) is 0 Å². The van der Waals surface area contributed by atoms with E-state index in [0.717, 1.165) is 0 Å². The highest BCUT2D eigenvalue weighted by Gasteiger charge is 2.26. The summed E-state index contributed by atoms with van der Waals surface area (Å²) in [6.45, 7) is 0. The molecule has 0 saturated carbocycles. The molecule has 0 N–H and O–H groups in total. The number of rotatable bonds is 4. The highest BCUT2D eigenvalue weighted by molar-refractivity contribution is 8.13. The number of hydrogen-bond acceptors (Lipinski definition) is 4. The molecule has 1 aromatic rings. The Morgan fingerprint density at radius 3 is 2.00 bits per heavy atom. The molecule has 0 amide bonds. The van der Waals surface area contributed by atoms with Crippen molar-refractivity contribution < 1.29 is 29.8 Å². The molecule has 0 saturated heterocycles. The maximum Gasteiger partial charge on any atom is 0.223 e. The highest BCUT2D eigenvalue weighted by atomic mass is 35.5. The molecule has 0 atom stereocenters. The second-order valence-electron chi connectivity index (χ2n) is 3.84. The molecule has 1 rings (SSSR count). The number of sulfone groups is 1. The van der Waals surface area contributed by atoms with Crippen molar-refractivity contribution in [1.82, 2.24) is 0 Å². The van der Waals surface area contributed by atoms with Crippen molar-refractivity contribution in [3.63, 3.8) is 0 Å². The fourth-order valence-electron chi connectivity index (χ4n) is 1.22. The van der Waals surface area contributed by atoms with E-state index in [2.05, 4.69) is 0 Å². The lowest BCUT2D eigenvalue weighted by molar-refractivity contribution is -0.00000774. The smallest absolute Gasteiger partial charge is 0.223 e. The molecule has 0 heterocycles. The first-order valence-electron chi connectivity index (χ1n) is 4.53. The van der Waals surface area contributed by atoms with Gasteiger partial charge < -0.3 is 17.1 Å². The lowest BCUT2D eigenvalue weighted by Gasteiger charge is -2.05. The summed E-state index contributed by atoms with van der Waals surface area (Å²) in [6.07, 6.45) is 2.88. The number of ether oxygens (including phenoxy) is 1. The van der Waals surface area contributed by atoms with Crippen LogP contribution in [0.15, 0.2) is 29.2 Å². The second kappa shape index (κ2) is 5.84. The molecular formula is C10H15ClO4S2. The quantitative estimate of drug-likeness (QED) is 0.615. The molecule has 7 heteroatoms. The first-order chi connectivity index (χ1) is 7.24. The number of methoxy groups -OCH3 is 1. The van der Waals surface area contributed by atoms with E-state index in [1.807, 2.05) is 0 Å². The first kappa shape index (κ1) is 16.4. The van der Waals surface area contributed by atoms with E-state index in [0.29, 0.717) is 5.75 Å². The van der Waals surface area contributed by atoms with Gasteiger partial charge in [0.25, 0.3) is 0 Å². The van der Waals surface area contributed by atoms with Gasteiger partial charge in [-0.05, 0) is 24.3 Å². The molecule has 17 heavy (non-hydrogen) atoms. The SMILES string of the molecule is COc1ccc(S(=O)(=O)C[S+](C)(C)=O)cc1.[Cl-]. The van der Waals surface area contributed by atoms with Crippen LogP contribution in [0.1, 0.15) is 0 Å². The maximum absolute atomic E-state index is 11.8. The topological polar surface area (TPSA) is 60.4 Å². The van der Waals surface area contributed by atoms with E-state index in [9.17, 15) is 12.6 Å². The van der Waals surface area contributed by atoms with Gasteiger partial charge in [0, 0.05) is 0 Å². The maximum atomic E-state index is 11.8. The molecule has 0 aliphatic heterocycles. The van der Waals surface area contributed by atoms with Crippen molar-refractivity contribution in [3.05, 3.63) is 24.3 Å². The summed E-state index contributed by atoms with van der Waals surface area (Å²) in [4.78, 5) is 0.171. The minimum Gasteiger partial charge on any atom is -1.00 e. The number of hydrogen-bond donors (Lipinski definition) is 0. The van der Waals surface area contributed by atoms with E-state index >= 15 is 0 Å². The van der Waals surface area contributed by atoms with Crippen LogP contribution in [0.5, 0.6) is 5.75 Å². The van der Waals surface area contributed by atoms with Gasteiger partial charge in [-0.1, -0.05) is 0 Å². The summed E-state index contributed by atoms with van der Waals surface area (Å²) in [5, 5.41) is -0.327. The molecule has 0 aliphatic rings. The van der Waals surface area contributed by atoms with E-state index in [1.165, 1.54) is 31.8 Å². The first-order valence-corrected chi connectivity index (χ1v) is 8.73. The zero-order valence-corrected chi connectivity index (χ0v) is 12.2. The highest BCUT2D eigenvalue weighted by Crippen LogP contribution is 2.18. The molecule has 0 aromatic heterocycles. The van der Waals surface area contributed by atoms with Crippen LogP contribution in [-0.2, 0) is 24.0 Å². The lowest BCUT2D eigenvalue weighted by atomic mass is 10.3. The summed E-state index contributed by atoms with van der Waals surface area (Å²) in [6, 6.07) is 6.05. The summed E-state index contributed by atoms with van der Waals surface area (Å²) >= 11 is 0. The Morgan fingerprint density at radius 1 is 1.18 bits per heavy atom. The Kier molecular flexibility index (Phi) is 5.64. The lowest BCUT2D eigenvalue weighted by Crippen LogP contribution is -3.00. The van der Waals surface area contributed by atoms with Crippen LogP contribution in [-0.4, -0.2) is 33.1 Å². The van der Waals surface area contributed by atoms with Crippen molar-refractivity contribution >= 4 is 19.8 Å². The summed E-state index contributed by atoms with van der Waals surface area (Å²) < 4.78 is 40.1. The van der Waals surface area contributed by atoms with Crippen molar-refractivity contribution in [1.29, 1.82) is 0 Å². The third-order valence-corrected chi connectivity index (χ3v) is 6.36. The average Bonchev–Trinajstić information content (AvgIpc) is 2.14. The van der Waals surface area contributed by atoms with Crippen molar-refractivity contribution in [2.24, 2.45) is 0 Å². The largest absolute Gasteiger partial charge is 1.00 e. The third-order valence-electron chi connectivity index (χ3n) is 1.86. The van der Waals surface area contributed by atoms with E-state index in [4.69, 9.17) is 4.74 Å². The molecule has 1 aromatic carbocycles. The van der Waals surface area contributed by atoms with Crippen molar-refractivity contribution in [3.8, 4) is 5.75 Å². The van der Waals surface area contributed by atoms with Crippen LogP contribution >= 0.6 is 0 Å². The van der Waals surface area contributed by atoms with Crippen LogP contribution in [0, 0.1) is 0 Å². The van der Waals surface area contributed by atoms with Gasteiger partial charge in [0.05, 0.1) is 21.9 Å². The van der Waals surface area contributed by atoms with E-state index in [1.54, 1.807) is 12.1 Å². The predicted molar refractivity (Wildman–Crippen MR) is 64.9 cm³/mol. The Balaban J connectivity index is 0.00000256. The predicted octanol–water partition coefficient (Wildman–Crippen LogP) is -1.81. The molecule has 0 aliphatic carbocycles. The molecule has 98 valence electrons. The van der Waals surface area contributed by atoms with E-state index in [-0.39, 0.29) is 22.4 Å². The van der Waals surface area contributed by atoms with Crippen LogP contribution in [0.2, 0.25) is 0 Å².